The van der Waals surface area contributed by atoms with Crippen LogP contribution in [0.5, 0.6) is 0 Å². The molecule has 13 heavy (non-hydrogen) atoms. The van der Waals surface area contributed by atoms with E-state index in [0.717, 1.165) is 23.2 Å². The summed E-state index contributed by atoms with van der Waals surface area (Å²) in [6.45, 7) is 2.42. The Kier molecular flexibility index (Phi) is 1.63. The van der Waals surface area contributed by atoms with E-state index < -0.39 is 0 Å². The number of allylic oxidation sites excluding steroid dienone is 2. The fraction of sp³-hybridized carbons (Fsp3) is 0.846. The second-order valence-electron chi connectivity index (χ2n) is 5.33. The van der Waals surface area contributed by atoms with Gasteiger partial charge in [0, 0.05) is 0 Å². The maximum absolute atomic E-state index is 2.54. The highest BCUT2D eigenvalue weighted by atomic mass is 14.6. The molecule has 3 aliphatic carbocycles. The normalized spacial score (nSPS) is 52.5. The van der Waals surface area contributed by atoms with Crippen LogP contribution in [0.4, 0.5) is 0 Å². The van der Waals surface area contributed by atoms with Crippen molar-refractivity contribution in [3.05, 3.63) is 12.2 Å². The lowest BCUT2D eigenvalue weighted by molar-refractivity contribution is 0.0745. The molecule has 2 bridgehead atoms. The highest BCUT2D eigenvalue weighted by Gasteiger charge is 2.54. The first-order chi connectivity index (χ1) is 6.37. The molecule has 0 amide bonds. The molecule has 3 aliphatic rings. The van der Waals surface area contributed by atoms with E-state index in [2.05, 4.69) is 19.1 Å². The second-order valence-corrected chi connectivity index (χ2v) is 5.33. The zero-order valence-corrected chi connectivity index (χ0v) is 8.63. The van der Waals surface area contributed by atoms with Crippen molar-refractivity contribution in [2.24, 2.45) is 23.2 Å². The van der Waals surface area contributed by atoms with E-state index in [4.69, 9.17) is 0 Å². The summed E-state index contributed by atoms with van der Waals surface area (Å²) in [5, 5.41) is 0. The monoisotopic (exact) mass is 176 g/mol. The van der Waals surface area contributed by atoms with Gasteiger partial charge >= 0.3 is 0 Å². The molecule has 0 aliphatic heterocycles. The third-order valence-corrected chi connectivity index (χ3v) is 5.18. The SMILES string of the molecule is CCC12CCCCC1C1C=CC2C1. The van der Waals surface area contributed by atoms with Crippen LogP contribution in [0.2, 0.25) is 0 Å². The molecule has 0 spiro atoms. The molecule has 0 nitrogen and oxygen atoms in total. The Balaban J connectivity index is 1.99. The molecule has 0 aromatic heterocycles. The Hall–Kier alpha value is -0.260. The lowest BCUT2D eigenvalue weighted by Crippen LogP contribution is -2.36. The topological polar surface area (TPSA) is 0 Å². The van der Waals surface area contributed by atoms with E-state index >= 15 is 0 Å². The van der Waals surface area contributed by atoms with Crippen molar-refractivity contribution in [2.45, 2.75) is 45.4 Å². The van der Waals surface area contributed by atoms with E-state index in [1.165, 1.54) is 38.5 Å². The molecule has 0 heterocycles. The Morgan fingerprint density at radius 1 is 1.31 bits per heavy atom. The summed E-state index contributed by atoms with van der Waals surface area (Å²) in [5.41, 5.74) is 0.762. The zero-order chi connectivity index (χ0) is 8.89. The van der Waals surface area contributed by atoms with Crippen molar-refractivity contribution in [1.82, 2.24) is 0 Å². The van der Waals surface area contributed by atoms with Crippen LogP contribution in [-0.2, 0) is 0 Å². The van der Waals surface area contributed by atoms with Crippen LogP contribution in [0, 0.1) is 23.2 Å². The molecular weight excluding hydrogens is 156 g/mol. The maximum atomic E-state index is 2.54. The smallest absolute Gasteiger partial charge is 0.0168 e. The van der Waals surface area contributed by atoms with Crippen LogP contribution in [-0.4, -0.2) is 0 Å². The first-order valence-corrected chi connectivity index (χ1v) is 6.05. The van der Waals surface area contributed by atoms with Crippen LogP contribution in [0.25, 0.3) is 0 Å². The summed E-state index contributed by atoms with van der Waals surface area (Å²) in [5.74, 6) is 3.01. The highest BCUT2D eigenvalue weighted by molar-refractivity contribution is 5.19. The average Bonchev–Trinajstić information content (AvgIpc) is 2.77. The molecule has 2 saturated carbocycles. The van der Waals surface area contributed by atoms with Crippen molar-refractivity contribution in [3.8, 4) is 0 Å². The molecule has 72 valence electrons. The van der Waals surface area contributed by atoms with Gasteiger partial charge in [-0.3, -0.25) is 0 Å². The fourth-order valence-corrected chi connectivity index (χ4v) is 4.55. The van der Waals surface area contributed by atoms with E-state index in [1.807, 2.05) is 0 Å². The lowest BCUT2D eigenvalue weighted by atomic mass is 9.60. The average molecular weight is 176 g/mol. The van der Waals surface area contributed by atoms with Crippen molar-refractivity contribution in [1.29, 1.82) is 0 Å². The molecule has 4 atom stereocenters. The van der Waals surface area contributed by atoms with Crippen molar-refractivity contribution < 1.29 is 0 Å². The first kappa shape index (κ1) is 8.08. The van der Waals surface area contributed by atoms with Gasteiger partial charge in [-0.2, -0.15) is 0 Å². The Labute approximate surface area is 81.4 Å². The maximum Gasteiger partial charge on any atom is -0.0168 e. The summed E-state index contributed by atoms with van der Waals surface area (Å²) in [7, 11) is 0. The van der Waals surface area contributed by atoms with Gasteiger partial charge in [-0.05, 0) is 48.9 Å². The third-order valence-electron chi connectivity index (χ3n) is 5.18. The van der Waals surface area contributed by atoms with Gasteiger partial charge in [0.05, 0.1) is 0 Å². The van der Waals surface area contributed by atoms with Gasteiger partial charge in [0.2, 0.25) is 0 Å². The first-order valence-electron chi connectivity index (χ1n) is 6.05. The minimum absolute atomic E-state index is 0.762. The van der Waals surface area contributed by atoms with Gasteiger partial charge in [0.15, 0.2) is 0 Å². The quantitative estimate of drug-likeness (QED) is 0.533. The molecule has 0 heteroatoms. The van der Waals surface area contributed by atoms with E-state index in [0.29, 0.717) is 0 Å². The highest BCUT2D eigenvalue weighted by Crippen LogP contribution is 2.63. The van der Waals surface area contributed by atoms with Gasteiger partial charge in [-0.15, -0.1) is 0 Å². The molecule has 0 aromatic carbocycles. The largest absolute Gasteiger partial charge is 0.0848 e. The van der Waals surface area contributed by atoms with Crippen LogP contribution in [0.15, 0.2) is 12.2 Å². The van der Waals surface area contributed by atoms with E-state index in [1.54, 1.807) is 0 Å². The van der Waals surface area contributed by atoms with Gasteiger partial charge in [-0.25, -0.2) is 0 Å². The number of hydrogen-bond donors (Lipinski definition) is 0. The second kappa shape index (κ2) is 2.62. The van der Waals surface area contributed by atoms with Crippen LogP contribution in [0.3, 0.4) is 0 Å². The predicted molar refractivity (Wildman–Crippen MR) is 55.4 cm³/mol. The number of rotatable bonds is 1. The molecule has 0 aromatic rings. The standard InChI is InChI=1S/C13H20/c1-2-13-8-4-3-5-12(13)10-6-7-11(13)9-10/h6-7,10-12H,2-5,8-9H2,1H3. The Morgan fingerprint density at radius 2 is 2.23 bits per heavy atom. The van der Waals surface area contributed by atoms with Crippen molar-refractivity contribution >= 4 is 0 Å². The lowest BCUT2D eigenvalue weighted by Gasteiger charge is -2.45. The van der Waals surface area contributed by atoms with Gasteiger partial charge in [0.1, 0.15) is 0 Å². The van der Waals surface area contributed by atoms with Crippen molar-refractivity contribution in [3.63, 3.8) is 0 Å². The molecule has 4 unspecified atom stereocenters. The summed E-state index contributed by atoms with van der Waals surface area (Å²) in [4.78, 5) is 0. The Morgan fingerprint density at radius 3 is 3.00 bits per heavy atom. The van der Waals surface area contributed by atoms with Crippen LogP contribution in [0.1, 0.15) is 45.4 Å². The molecular formula is C13H20. The molecule has 0 radical (unpaired) electrons. The zero-order valence-electron chi connectivity index (χ0n) is 8.63. The number of fused-ring (bicyclic) bond motifs is 5. The molecule has 0 saturated heterocycles. The molecule has 3 rings (SSSR count). The summed E-state index contributed by atoms with van der Waals surface area (Å²) < 4.78 is 0. The predicted octanol–water partition coefficient (Wildman–Crippen LogP) is 3.78. The Bertz CT molecular complexity index is 240. The van der Waals surface area contributed by atoms with Gasteiger partial charge in [-0.1, -0.05) is 31.9 Å². The summed E-state index contributed by atoms with van der Waals surface area (Å²) >= 11 is 0. The van der Waals surface area contributed by atoms with Crippen molar-refractivity contribution in [2.75, 3.05) is 0 Å². The van der Waals surface area contributed by atoms with Gasteiger partial charge < -0.3 is 0 Å². The van der Waals surface area contributed by atoms with Crippen LogP contribution >= 0.6 is 0 Å². The van der Waals surface area contributed by atoms with E-state index in [9.17, 15) is 0 Å². The molecule has 0 N–H and O–H groups in total. The summed E-state index contributed by atoms with van der Waals surface area (Å²) in [6, 6.07) is 0. The third kappa shape index (κ3) is 0.872. The molecule has 2 fully saturated rings. The van der Waals surface area contributed by atoms with Gasteiger partial charge in [0.25, 0.3) is 0 Å². The summed E-state index contributed by atoms with van der Waals surface area (Å²) in [6.07, 6.45) is 14.1. The minimum atomic E-state index is 0.762. The van der Waals surface area contributed by atoms with Crippen LogP contribution < -0.4 is 0 Å². The fourth-order valence-electron chi connectivity index (χ4n) is 4.55. The minimum Gasteiger partial charge on any atom is -0.0848 e. The van der Waals surface area contributed by atoms with E-state index in [-0.39, 0.29) is 0 Å². The number of hydrogen-bond acceptors (Lipinski definition) is 0.